The smallest absolute Gasteiger partial charge is 0.283 e. The molecule has 0 saturated heterocycles. The van der Waals surface area contributed by atoms with Crippen molar-refractivity contribution in [3.05, 3.63) is 64.7 Å². The summed E-state index contributed by atoms with van der Waals surface area (Å²) in [5, 5.41) is 25.6. The Morgan fingerprint density at radius 1 is 1.31 bits per heavy atom. The number of benzene rings is 2. The molecule has 0 bridgehead atoms. The molecule has 26 heavy (non-hydrogen) atoms. The quantitative estimate of drug-likeness (QED) is 0.897. The van der Waals surface area contributed by atoms with Crippen LogP contribution in [0.2, 0.25) is 5.02 Å². The van der Waals surface area contributed by atoms with Crippen molar-refractivity contribution in [1.82, 2.24) is 5.01 Å². The first-order chi connectivity index (χ1) is 12.4. The summed E-state index contributed by atoms with van der Waals surface area (Å²) in [6.45, 7) is 1.45. The number of hydrogen-bond acceptors (Lipinski definition) is 5. The number of rotatable bonds is 4. The number of carbonyl (C=O) groups is 1. The molecule has 6 nitrogen and oxygen atoms in total. The first-order valence-electron chi connectivity index (χ1n) is 7.91. The number of ether oxygens (including phenoxy) is 1. The number of hydrogen-bond donors (Lipinski definition) is 1. The monoisotopic (exact) mass is 369 g/mol. The van der Waals surface area contributed by atoms with Crippen molar-refractivity contribution in [2.24, 2.45) is 5.10 Å². The van der Waals surface area contributed by atoms with Crippen LogP contribution < -0.4 is 4.74 Å². The lowest BCUT2D eigenvalue weighted by Gasteiger charge is -2.31. The zero-order valence-corrected chi connectivity index (χ0v) is 14.8. The molecule has 1 heterocycles. The minimum absolute atomic E-state index is 0.206. The van der Waals surface area contributed by atoms with E-state index in [4.69, 9.17) is 21.6 Å². The van der Waals surface area contributed by atoms with E-state index in [1.807, 2.05) is 6.07 Å². The first-order valence-corrected chi connectivity index (χ1v) is 8.29. The van der Waals surface area contributed by atoms with Gasteiger partial charge in [-0.1, -0.05) is 23.7 Å². The molecule has 1 aliphatic heterocycles. The summed E-state index contributed by atoms with van der Waals surface area (Å²) in [4.78, 5) is 12.6. The lowest BCUT2D eigenvalue weighted by atomic mass is 9.98. The van der Waals surface area contributed by atoms with Crippen molar-refractivity contribution in [1.29, 1.82) is 5.26 Å². The fourth-order valence-electron chi connectivity index (χ4n) is 2.76. The normalized spacial score (nSPS) is 19.0. The zero-order valence-electron chi connectivity index (χ0n) is 14.0. The van der Waals surface area contributed by atoms with Crippen molar-refractivity contribution in [3.63, 3.8) is 0 Å². The maximum Gasteiger partial charge on any atom is 0.283 e. The average Bonchev–Trinajstić information content (AvgIpc) is 2.96. The van der Waals surface area contributed by atoms with E-state index < -0.39 is 11.6 Å². The topological polar surface area (TPSA) is 85.9 Å². The summed E-state index contributed by atoms with van der Waals surface area (Å²) < 4.78 is 5.46. The fraction of sp³-hybridized carbons (Fsp3) is 0.211. The Morgan fingerprint density at radius 2 is 1.96 bits per heavy atom. The number of aliphatic hydroxyl groups is 1. The van der Waals surface area contributed by atoms with E-state index in [-0.39, 0.29) is 13.0 Å². The average molecular weight is 370 g/mol. The van der Waals surface area contributed by atoms with Crippen molar-refractivity contribution < 1.29 is 14.6 Å². The molecule has 132 valence electrons. The van der Waals surface area contributed by atoms with Crippen LogP contribution in [0, 0.1) is 11.3 Å². The lowest BCUT2D eigenvalue weighted by molar-refractivity contribution is -0.159. The van der Waals surface area contributed by atoms with Crippen LogP contribution >= 0.6 is 11.6 Å². The summed E-state index contributed by atoms with van der Waals surface area (Å²) in [7, 11) is 0. The highest BCUT2D eigenvalue weighted by Crippen LogP contribution is 2.35. The van der Waals surface area contributed by atoms with E-state index in [1.165, 1.54) is 0 Å². The Morgan fingerprint density at radius 3 is 2.58 bits per heavy atom. The maximum absolute atomic E-state index is 12.6. The molecular formula is C19H16ClN3O3. The summed E-state index contributed by atoms with van der Waals surface area (Å²) >= 11 is 5.90. The van der Waals surface area contributed by atoms with Gasteiger partial charge in [-0.15, -0.1) is 0 Å². The molecule has 0 unspecified atom stereocenters. The van der Waals surface area contributed by atoms with Gasteiger partial charge in [0.15, 0.2) is 12.3 Å². The van der Waals surface area contributed by atoms with Gasteiger partial charge in [-0.25, -0.2) is 0 Å². The van der Waals surface area contributed by atoms with Crippen molar-refractivity contribution in [2.75, 3.05) is 6.61 Å². The predicted octanol–water partition coefficient (Wildman–Crippen LogP) is 3.04. The number of amides is 1. The molecule has 7 heteroatoms. The molecule has 3 rings (SSSR count). The molecule has 0 aliphatic carbocycles. The van der Waals surface area contributed by atoms with Gasteiger partial charge in [0.05, 0.1) is 11.6 Å². The highest BCUT2D eigenvalue weighted by Gasteiger charge is 2.44. The molecule has 0 fully saturated rings. The van der Waals surface area contributed by atoms with Gasteiger partial charge in [0.25, 0.3) is 5.91 Å². The third-order valence-electron chi connectivity index (χ3n) is 4.01. The lowest BCUT2D eigenvalue weighted by Crippen LogP contribution is -2.45. The molecule has 1 atom stereocenters. The summed E-state index contributed by atoms with van der Waals surface area (Å²) in [6.07, 6.45) is 0.206. The molecule has 2 aromatic carbocycles. The Labute approximate surface area is 155 Å². The number of carbonyl (C=O) groups excluding carboxylic acids is 1. The van der Waals surface area contributed by atoms with Crippen LogP contribution in [0.3, 0.4) is 0 Å². The largest absolute Gasteiger partial charge is 0.484 e. The molecule has 0 aromatic heterocycles. The number of hydrazone groups is 1. The fourth-order valence-corrected chi connectivity index (χ4v) is 2.88. The van der Waals surface area contributed by atoms with E-state index in [9.17, 15) is 9.90 Å². The first kappa shape index (κ1) is 17.9. The maximum atomic E-state index is 12.6. The Balaban J connectivity index is 1.75. The zero-order chi connectivity index (χ0) is 18.7. The predicted molar refractivity (Wildman–Crippen MR) is 96.6 cm³/mol. The summed E-state index contributed by atoms with van der Waals surface area (Å²) in [6, 6.07) is 15.1. The van der Waals surface area contributed by atoms with E-state index in [0.717, 1.165) is 5.01 Å². The van der Waals surface area contributed by atoms with Gasteiger partial charge in [0, 0.05) is 22.7 Å². The van der Waals surface area contributed by atoms with Crippen LogP contribution in [0.1, 0.15) is 24.5 Å². The number of halogens is 1. The third-order valence-corrected chi connectivity index (χ3v) is 4.26. The Bertz CT molecular complexity index is 888. The molecule has 2 aromatic rings. The van der Waals surface area contributed by atoms with Gasteiger partial charge in [0.1, 0.15) is 5.75 Å². The molecule has 0 saturated carbocycles. The Hall–Kier alpha value is -2.88. The van der Waals surface area contributed by atoms with Crippen LogP contribution in [-0.2, 0) is 10.5 Å². The van der Waals surface area contributed by atoms with Gasteiger partial charge in [-0.2, -0.15) is 15.4 Å². The van der Waals surface area contributed by atoms with Gasteiger partial charge in [-0.05, 0) is 43.3 Å². The molecule has 1 N–H and O–H groups in total. The summed E-state index contributed by atoms with van der Waals surface area (Å²) in [5.74, 6) is -0.0315. The second-order valence-corrected chi connectivity index (χ2v) is 6.40. The minimum atomic E-state index is -1.57. The van der Waals surface area contributed by atoms with E-state index >= 15 is 0 Å². The standard InChI is InChI=1S/C19H16ClN3O3/c1-13-10-19(25,15-4-6-16(20)7-5-15)23(22-13)18(24)12-26-17-8-2-14(11-21)3-9-17/h2-9,25H,10,12H2,1H3/t19-/m0/s1. The second kappa shape index (κ2) is 7.16. The van der Waals surface area contributed by atoms with E-state index in [2.05, 4.69) is 5.10 Å². The van der Waals surface area contributed by atoms with E-state index in [1.54, 1.807) is 55.5 Å². The number of nitriles is 1. The van der Waals surface area contributed by atoms with Gasteiger partial charge < -0.3 is 9.84 Å². The van der Waals surface area contributed by atoms with Crippen LogP contribution in [-0.4, -0.2) is 28.3 Å². The SMILES string of the molecule is CC1=NN(C(=O)COc2ccc(C#N)cc2)[C@@](O)(c2ccc(Cl)cc2)C1. The van der Waals surface area contributed by atoms with Crippen molar-refractivity contribution in [2.45, 2.75) is 19.1 Å². The van der Waals surface area contributed by atoms with Crippen molar-refractivity contribution in [3.8, 4) is 11.8 Å². The second-order valence-electron chi connectivity index (χ2n) is 5.97. The number of nitrogens with zero attached hydrogens (tertiary/aromatic N) is 3. The van der Waals surface area contributed by atoms with Gasteiger partial charge >= 0.3 is 0 Å². The van der Waals surface area contributed by atoms with Crippen LogP contribution in [0.15, 0.2) is 53.6 Å². The minimum Gasteiger partial charge on any atom is -0.484 e. The van der Waals surface area contributed by atoms with Crippen LogP contribution in [0.5, 0.6) is 5.75 Å². The molecular weight excluding hydrogens is 354 g/mol. The van der Waals surface area contributed by atoms with Crippen LogP contribution in [0.4, 0.5) is 0 Å². The Kier molecular flexibility index (Phi) is 4.94. The third kappa shape index (κ3) is 3.54. The van der Waals surface area contributed by atoms with E-state index in [0.29, 0.717) is 27.6 Å². The van der Waals surface area contributed by atoms with Crippen LogP contribution in [0.25, 0.3) is 0 Å². The highest BCUT2D eigenvalue weighted by molar-refractivity contribution is 6.30. The van der Waals surface area contributed by atoms with Gasteiger partial charge in [0.2, 0.25) is 0 Å². The molecule has 1 amide bonds. The summed E-state index contributed by atoms with van der Waals surface area (Å²) in [5.41, 5.74) is 0.0868. The van der Waals surface area contributed by atoms with Gasteiger partial charge in [-0.3, -0.25) is 4.79 Å². The van der Waals surface area contributed by atoms with Crippen molar-refractivity contribution >= 4 is 23.2 Å². The molecule has 0 radical (unpaired) electrons. The molecule has 0 spiro atoms. The molecule has 1 aliphatic rings. The highest BCUT2D eigenvalue weighted by atomic mass is 35.5.